The van der Waals surface area contributed by atoms with Gasteiger partial charge in [-0.2, -0.15) is 0 Å². The lowest BCUT2D eigenvalue weighted by atomic mass is 10.1. The van der Waals surface area contributed by atoms with Crippen molar-refractivity contribution in [2.75, 3.05) is 5.73 Å². The van der Waals surface area contributed by atoms with Gasteiger partial charge >= 0.3 is 0 Å². The van der Waals surface area contributed by atoms with Gasteiger partial charge in [0, 0.05) is 11.7 Å². The minimum absolute atomic E-state index is 0.176. The van der Waals surface area contributed by atoms with Gasteiger partial charge in [-0.25, -0.2) is 13.1 Å². The topological polar surface area (TPSA) is 72.2 Å². The van der Waals surface area contributed by atoms with Crippen LogP contribution in [0, 0.1) is 0 Å². The van der Waals surface area contributed by atoms with Crippen molar-refractivity contribution in [1.29, 1.82) is 0 Å². The third-order valence-corrected chi connectivity index (χ3v) is 4.34. The summed E-state index contributed by atoms with van der Waals surface area (Å²) in [7, 11) is -3.56. The molecule has 0 aliphatic carbocycles. The molecule has 0 amide bonds. The molecule has 0 radical (unpaired) electrons. The number of sulfonamides is 1. The van der Waals surface area contributed by atoms with Gasteiger partial charge in [0.15, 0.2) is 0 Å². The molecule has 0 heterocycles. The minimum Gasteiger partial charge on any atom is -0.399 e. The number of hydrogen-bond acceptors (Lipinski definition) is 3. The summed E-state index contributed by atoms with van der Waals surface area (Å²) in [5.41, 5.74) is 6.94. The van der Waals surface area contributed by atoms with Gasteiger partial charge in [0.1, 0.15) is 0 Å². The number of benzene rings is 2. The lowest BCUT2D eigenvalue weighted by Gasteiger charge is -2.14. The fourth-order valence-corrected chi connectivity index (χ4v) is 3.08. The Morgan fingerprint density at radius 3 is 2.37 bits per heavy atom. The summed E-state index contributed by atoms with van der Waals surface area (Å²) in [5.74, 6) is 0. The smallest absolute Gasteiger partial charge is 0.241 e. The first-order valence-electron chi connectivity index (χ1n) is 5.92. The van der Waals surface area contributed by atoms with E-state index < -0.39 is 10.0 Å². The van der Waals surface area contributed by atoms with Crippen molar-refractivity contribution in [3.8, 4) is 0 Å². The molecule has 0 fully saturated rings. The number of nitrogens with two attached hydrogens (primary N) is 1. The van der Waals surface area contributed by atoms with Crippen LogP contribution in [0.1, 0.15) is 18.5 Å². The number of nitrogen functional groups attached to an aromatic ring is 1. The Labute approximate surface area is 113 Å². The van der Waals surface area contributed by atoms with E-state index in [2.05, 4.69) is 4.72 Å². The molecule has 0 aliphatic rings. The number of hydrogen-bond donors (Lipinski definition) is 2. The second-order valence-electron chi connectivity index (χ2n) is 4.33. The summed E-state index contributed by atoms with van der Waals surface area (Å²) in [5, 5.41) is 0. The van der Waals surface area contributed by atoms with Gasteiger partial charge in [0.2, 0.25) is 10.0 Å². The summed E-state index contributed by atoms with van der Waals surface area (Å²) in [6.07, 6.45) is 0. The molecule has 0 saturated carbocycles. The highest BCUT2D eigenvalue weighted by molar-refractivity contribution is 7.89. The quantitative estimate of drug-likeness (QED) is 0.842. The van der Waals surface area contributed by atoms with E-state index in [9.17, 15) is 8.42 Å². The highest BCUT2D eigenvalue weighted by Gasteiger charge is 2.18. The second kappa shape index (κ2) is 5.42. The molecule has 0 bridgehead atoms. The Morgan fingerprint density at radius 2 is 1.74 bits per heavy atom. The van der Waals surface area contributed by atoms with Gasteiger partial charge in [0.05, 0.1) is 4.90 Å². The van der Waals surface area contributed by atoms with Crippen molar-refractivity contribution in [2.45, 2.75) is 17.9 Å². The SMILES string of the molecule is CC(NS(=O)(=O)c1cccc(N)c1)c1ccccc1. The van der Waals surface area contributed by atoms with E-state index in [0.29, 0.717) is 5.69 Å². The zero-order valence-corrected chi connectivity index (χ0v) is 11.4. The molecular formula is C14H16N2O2S. The molecule has 0 aromatic heterocycles. The van der Waals surface area contributed by atoms with Crippen LogP contribution in [-0.2, 0) is 10.0 Å². The zero-order valence-electron chi connectivity index (χ0n) is 10.6. The van der Waals surface area contributed by atoms with Gasteiger partial charge in [-0.15, -0.1) is 0 Å². The first kappa shape index (κ1) is 13.6. The summed E-state index contributed by atoms with van der Waals surface area (Å²) < 4.78 is 27.0. The summed E-state index contributed by atoms with van der Waals surface area (Å²) >= 11 is 0. The maximum Gasteiger partial charge on any atom is 0.241 e. The molecule has 0 saturated heterocycles. The predicted octanol–water partition coefficient (Wildman–Crippen LogP) is 2.31. The molecule has 19 heavy (non-hydrogen) atoms. The Balaban J connectivity index is 2.23. The van der Waals surface area contributed by atoms with Crippen LogP contribution >= 0.6 is 0 Å². The number of rotatable bonds is 4. The fraction of sp³-hybridized carbons (Fsp3) is 0.143. The predicted molar refractivity (Wildman–Crippen MR) is 76.0 cm³/mol. The van der Waals surface area contributed by atoms with Crippen molar-refractivity contribution in [1.82, 2.24) is 4.72 Å². The van der Waals surface area contributed by atoms with Gasteiger partial charge in [-0.1, -0.05) is 36.4 Å². The molecule has 1 unspecified atom stereocenters. The third-order valence-electron chi connectivity index (χ3n) is 2.80. The molecule has 5 heteroatoms. The van der Waals surface area contributed by atoms with E-state index in [-0.39, 0.29) is 10.9 Å². The van der Waals surface area contributed by atoms with Crippen molar-refractivity contribution in [2.24, 2.45) is 0 Å². The van der Waals surface area contributed by atoms with Crippen molar-refractivity contribution in [3.05, 3.63) is 60.2 Å². The van der Waals surface area contributed by atoms with Crippen molar-refractivity contribution < 1.29 is 8.42 Å². The van der Waals surface area contributed by atoms with Gasteiger partial charge in [0.25, 0.3) is 0 Å². The molecule has 0 aliphatic heterocycles. The van der Waals surface area contributed by atoms with E-state index in [1.165, 1.54) is 12.1 Å². The van der Waals surface area contributed by atoms with E-state index in [1.807, 2.05) is 30.3 Å². The third kappa shape index (κ3) is 3.33. The molecule has 2 aromatic rings. The lowest BCUT2D eigenvalue weighted by molar-refractivity contribution is 0.567. The molecule has 3 N–H and O–H groups in total. The van der Waals surface area contributed by atoms with Crippen LogP contribution in [0.3, 0.4) is 0 Å². The van der Waals surface area contributed by atoms with Crippen LogP contribution < -0.4 is 10.5 Å². The van der Waals surface area contributed by atoms with E-state index >= 15 is 0 Å². The molecule has 0 spiro atoms. The Morgan fingerprint density at radius 1 is 1.05 bits per heavy atom. The molecule has 4 nitrogen and oxygen atoms in total. The highest BCUT2D eigenvalue weighted by Crippen LogP contribution is 2.18. The Hall–Kier alpha value is -1.85. The standard InChI is InChI=1S/C14H16N2O2S/c1-11(12-6-3-2-4-7-12)16-19(17,18)14-9-5-8-13(15)10-14/h2-11,16H,15H2,1H3. The summed E-state index contributed by atoms with van der Waals surface area (Å²) in [6.45, 7) is 1.80. The van der Waals surface area contributed by atoms with Crippen molar-refractivity contribution >= 4 is 15.7 Å². The largest absolute Gasteiger partial charge is 0.399 e. The van der Waals surface area contributed by atoms with Gasteiger partial charge in [-0.3, -0.25) is 0 Å². The first-order chi connectivity index (χ1) is 8.99. The molecule has 100 valence electrons. The second-order valence-corrected chi connectivity index (χ2v) is 6.04. The van der Waals surface area contributed by atoms with Crippen LogP contribution in [0.15, 0.2) is 59.5 Å². The fourth-order valence-electron chi connectivity index (χ4n) is 1.79. The molecule has 2 rings (SSSR count). The first-order valence-corrected chi connectivity index (χ1v) is 7.40. The maximum absolute atomic E-state index is 12.2. The minimum atomic E-state index is -3.56. The van der Waals surface area contributed by atoms with Crippen molar-refractivity contribution in [3.63, 3.8) is 0 Å². The van der Waals surface area contributed by atoms with Crippen LogP contribution in [-0.4, -0.2) is 8.42 Å². The van der Waals surface area contributed by atoms with Gasteiger partial charge < -0.3 is 5.73 Å². The van der Waals surface area contributed by atoms with Crippen LogP contribution in [0.5, 0.6) is 0 Å². The molecule has 1 atom stereocenters. The van der Waals surface area contributed by atoms with Crippen LogP contribution in [0.2, 0.25) is 0 Å². The molecule has 2 aromatic carbocycles. The average Bonchev–Trinajstić information content (AvgIpc) is 2.39. The Kier molecular flexibility index (Phi) is 3.87. The number of anilines is 1. The highest BCUT2D eigenvalue weighted by atomic mass is 32.2. The zero-order chi connectivity index (χ0) is 13.9. The normalized spacial score (nSPS) is 13.1. The monoisotopic (exact) mass is 276 g/mol. The lowest BCUT2D eigenvalue weighted by Crippen LogP contribution is -2.26. The maximum atomic E-state index is 12.2. The van der Waals surface area contributed by atoms with Crippen LogP contribution in [0.25, 0.3) is 0 Å². The average molecular weight is 276 g/mol. The van der Waals surface area contributed by atoms with E-state index in [4.69, 9.17) is 5.73 Å². The molecular weight excluding hydrogens is 260 g/mol. The van der Waals surface area contributed by atoms with E-state index in [1.54, 1.807) is 19.1 Å². The van der Waals surface area contributed by atoms with E-state index in [0.717, 1.165) is 5.56 Å². The number of nitrogens with one attached hydrogen (secondary N) is 1. The Bertz CT molecular complexity index is 654. The van der Waals surface area contributed by atoms with Crippen LogP contribution in [0.4, 0.5) is 5.69 Å². The van der Waals surface area contributed by atoms with Gasteiger partial charge in [-0.05, 0) is 30.7 Å². The summed E-state index contributed by atoms with van der Waals surface area (Å²) in [4.78, 5) is 0.176. The summed E-state index contributed by atoms with van der Waals surface area (Å²) in [6, 6.07) is 15.4.